The zero-order valence-corrected chi connectivity index (χ0v) is 10.3. The van der Waals surface area contributed by atoms with Gasteiger partial charge >= 0.3 is 0 Å². The molecule has 2 heteroatoms. The van der Waals surface area contributed by atoms with E-state index in [0.717, 1.165) is 6.42 Å². The summed E-state index contributed by atoms with van der Waals surface area (Å²) in [5.41, 5.74) is 0. The second kappa shape index (κ2) is 15.9. The van der Waals surface area contributed by atoms with Gasteiger partial charge in [0.05, 0.1) is 0 Å². The Labute approximate surface area is 83.6 Å². The quantitative estimate of drug-likeness (QED) is 0.477. The number of hydrogen-bond donors (Lipinski definition) is 0. The van der Waals surface area contributed by atoms with Crippen LogP contribution in [0.15, 0.2) is 18.2 Å². The normalized spacial score (nSPS) is 9.78. The monoisotopic (exact) mass is 311 g/mol. The van der Waals surface area contributed by atoms with Gasteiger partial charge in [-0.3, -0.25) is 6.08 Å². The van der Waals surface area contributed by atoms with Crippen molar-refractivity contribution in [2.75, 3.05) is 0 Å². The Morgan fingerprint density at radius 1 is 1.22 bits per heavy atom. The molecular formula is C7H12ClHf-3. The van der Waals surface area contributed by atoms with Gasteiger partial charge in [-0.05, 0) is 0 Å². The summed E-state index contributed by atoms with van der Waals surface area (Å²) in [7, 11) is 0. The molecule has 0 nitrogen and oxygen atoms in total. The number of rotatable bonds is 0. The summed E-state index contributed by atoms with van der Waals surface area (Å²) in [5.74, 6) is 0. The summed E-state index contributed by atoms with van der Waals surface area (Å²) in [5, 5.41) is 0. The van der Waals surface area contributed by atoms with Crippen molar-refractivity contribution >= 4 is 12.4 Å². The third-order valence-electron chi connectivity index (χ3n) is 0.586. The summed E-state index contributed by atoms with van der Waals surface area (Å²) in [4.78, 5) is 0. The molecule has 0 radical (unpaired) electrons. The fourth-order valence-corrected chi connectivity index (χ4v) is 0.340. The van der Waals surface area contributed by atoms with Gasteiger partial charge in [0.1, 0.15) is 0 Å². The molecule has 54 valence electrons. The molecule has 0 aromatic heterocycles. The molecular weight excluding hydrogens is 298 g/mol. The number of allylic oxidation sites excluding steroid dienone is 4. The SMILES string of the molecule is Cl.[C-]1=CC=CC1.[CH3-].[CH3-].[Hf]. The van der Waals surface area contributed by atoms with Crippen molar-refractivity contribution in [1.29, 1.82) is 0 Å². The molecule has 0 spiro atoms. The van der Waals surface area contributed by atoms with Gasteiger partial charge in [-0.15, -0.1) is 18.8 Å². The van der Waals surface area contributed by atoms with E-state index in [1.807, 2.05) is 12.2 Å². The predicted molar refractivity (Wildman–Crippen MR) is 41.6 cm³/mol. The standard InChI is InChI=1S/C5H5.2CH3.ClH.Hf/c1-2-4-5-3-1;;;;/h1-3H,4H2;2*1H3;1H;/q3*-1;;. The van der Waals surface area contributed by atoms with Gasteiger partial charge < -0.3 is 14.9 Å². The molecule has 0 fully saturated rings. The van der Waals surface area contributed by atoms with Crippen LogP contribution < -0.4 is 0 Å². The van der Waals surface area contributed by atoms with E-state index in [1.165, 1.54) is 0 Å². The molecule has 1 rings (SSSR count). The second-order valence-electron chi connectivity index (χ2n) is 1.00. The maximum absolute atomic E-state index is 2.99. The van der Waals surface area contributed by atoms with Crippen LogP contribution in [0.3, 0.4) is 0 Å². The summed E-state index contributed by atoms with van der Waals surface area (Å²) in [6, 6.07) is 0. The largest absolute Gasteiger partial charge is 0.358 e. The molecule has 0 saturated carbocycles. The fraction of sp³-hybridized carbons (Fsp3) is 0.143. The Bertz CT molecular complexity index is 67.0. The van der Waals surface area contributed by atoms with Crippen LogP contribution in [0.1, 0.15) is 6.42 Å². The van der Waals surface area contributed by atoms with Gasteiger partial charge in [0.25, 0.3) is 0 Å². The fourth-order valence-electron chi connectivity index (χ4n) is 0.340. The first kappa shape index (κ1) is 22.6. The van der Waals surface area contributed by atoms with Crippen molar-refractivity contribution in [2.24, 2.45) is 0 Å². The van der Waals surface area contributed by atoms with Crippen LogP contribution in [-0.2, 0) is 25.8 Å². The minimum atomic E-state index is 0. The molecule has 0 atom stereocenters. The van der Waals surface area contributed by atoms with E-state index >= 15 is 0 Å². The molecule has 0 heterocycles. The Morgan fingerprint density at radius 2 is 1.78 bits per heavy atom. The molecule has 0 aromatic carbocycles. The van der Waals surface area contributed by atoms with Gasteiger partial charge in [0.15, 0.2) is 0 Å². The van der Waals surface area contributed by atoms with Gasteiger partial charge in [0, 0.05) is 25.8 Å². The maximum atomic E-state index is 2.99. The summed E-state index contributed by atoms with van der Waals surface area (Å²) in [6.45, 7) is 0. The van der Waals surface area contributed by atoms with Gasteiger partial charge in [-0.2, -0.15) is 6.08 Å². The van der Waals surface area contributed by atoms with Gasteiger partial charge in [-0.25, -0.2) is 12.2 Å². The molecule has 9 heavy (non-hydrogen) atoms. The van der Waals surface area contributed by atoms with Gasteiger partial charge in [-0.1, -0.05) is 0 Å². The van der Waals surface area contributed by atoms with Crippen molar-refractivity contribution in [3.05, 3.63) is 39.2 Å². The van der Waals surface area contributed by atoms with Crippen LogP contribution in [0.2, 0.25) is 0 Å². The smallest absolute Gasteiger partial charge is 0 e. The third kappa shape index (κ3) is 12.0. The van der Waals surface area contributed by atoms with Crippen LogP contribution in [0.5, 0.6) is 0 Å². The van der Waals surface area contributed by atoms with Crippen molar-refractivity contribution < 1.29 is 25.8 Å². The molecule has 1 aliphatic rings. The summed E-state index contributed by atoms with van der Waals surface area (Å²) >= 11 is 0. The van der Waals surface area contributed by atoms with Crippen LogP contribution in [0.25, 0.3) is 0 Å². The first-order chi connectivity index (χ1) is 2.50. The van der Waals surface area contributed by atoms with E-state index in [2.05, 4.69) is 12.2 Å². The Kier molecular flexibility index (Phi) is 39.9. The Hall–Kier alpha value is 0.640. The Morgan fingerprint density at radius 3 is 1.89 bits per heavy atom. The zero-order valence-electron chi connectivity index (χ0n) is 5.85. The van der Waals surface area contributed by atoms with Crippen LogP contribution >= 0.6 is 12.4 Å². The number of hydrogen-bond acceptors (Lipinski definition) is 0. The molecule has 0 amide bonds. The zero-order chi connectivity index (χ0) is 3.54. The minimum Gasteiger partial charge on any atom is -0.358 e. The summed E-state index contributed by atoms with van der Waals surface area (Å²) < 4.78 is 0. The maximum Gasteiger partial charge on any atom is 0 e. The van der Waals surface area contributed by atoms with Crippen LogP contribution in [0, 0.1) is 20.9 Å². The minimum absolute atomic E-state index is 0. The van der Waals surface area contributed by atoms with E-state index in [9.17, 15) is 0 Å². The topological polar surface area (TPSA) is 0 Å². The van der Waals surface area contributed by atoms with Crippen LogP contribution in [0.4, 0.5) is 0 Å². The molecule has 1 aliphatic carbocycles. The van der Waals surface area contributed by atoms with Crippen molar-refractivity contribution in [3.63, 3.8) is 0 Å². The van der Waals surface area contributed by atoms with Crippen molar-refractivity contribution in [1.82, 2.24) is 0 Å². The molecule has 0 aromatic rings. The first-order valence-electron chi connectivity index (χ1n) is 1.72. The molecule has 0 unspecified atom stereocenters. The third-order valence-corrected chi connectivity index (χ3v) is 0.586. The first-order valence-corrected chi connectivity index (χ1v) is 1.72. The van der Waals surface area contributed by atoms with E-state index in [1.54, 1.807) is 0 Å². The molecule has 0 saturated heterocycles. The van der Waals surface area contributed by atoms with E-state index < -0.39 is 0 Å². The van der Waals surface area contributed by atoms with E-state index in [-0.39, 0.29) is 53.1 Å². The summed E-state index contributed by atoms with van der Waals surface area (Å²) in [6.07, 6.45) is 10.0. The number of halogens is 1. The van der Waals surface area contributed by atoms with Crippen molar-refractivity contribution in [3.8, 4) is 0 Å². The average Bonchev–Trinajstić information content (AvgIpc) is 1.76. The average molecular weight is 310 g/mol. The van der Waals surface area contributed by atoms with Crippen molar-refractivity contribution in [2.45, 2.75) is 6.42 Å². The van der Waals surface area contributed by atoms with E-state index in [0.29, 0.717) is 0 Å². The molecule has 0 N–H and O–H groups in total. The predicted octanol–water partition coefficient (Wildman–Crippen LogP) is 2.63. The molecule has 0 aliphatic heterocycles. The van der Waals surface area contributed by atoms with Gasteiger partial charge in [0.2, 0.25) is 0 Å². The van der Waals surface area contributed by atoms with Crippen LogP contribution in [-0.4, -0.2) is 0 Å². The Balaban J connectivity index is -0.0000000312. The van der Waals surface area contributed by atoms with E-state index in [4.69, 9.17) is 0 Å². The second-order valence-corrected chi connectivity index (χ2v) is 1.00. The molecule has 0 bridgehead atoms.